The lowest BCUT2D eigenvalue weighted by atomic mass is 10.2. The highest BCUT2D eigenvalue weighted by Crippen LogP contribution is 2.14. The summed E-state index contributed by atoms with van der Waals surface area (Å²) in [6, 6.07) is 27.3. The number of rotatable bonds is 44. The molecule has 2 fully saturated rings. The van der Waals surface area contributed by atoms with Gasteiger partial charge < -0.3 is 96.8 Å². The fourth-order valence-corrected chi connectivity index (χ4v) is 6.92. The minimum atomic E-state index is -1.28. The van der Waals surface area contributed by atoms with E-state index in [0.29, 0.717) is 23.3 Å². The highest BCUT2D eigenvalue weighted by atomic mass is 16.7. The van der Waals surface area contributed by atoms with Crippen molar-refractivity contribution in [1.29, 1.82) is 0 Å². The van der Waals surface area contributed by atoms with Crippen LogP contribution in [0.15, 0.2) is 91.0 Å². The van der Waals surface area contributed by atoms with E-state index in [9.17, 15) is 86.3 Å². The highest BCUT2D eigenvalue weighted by Gasteiger charge is 2.35. The van der Waals surface area contributed by atoms with E-state index in [-0.39, 0.29) is 145 Å². The summed E-state index contributed by atoms with van der Waals surface area (Å²) < 4.78 is 62.6. The van der Waals surface area contributed by atoms with Crippen LogP contribution in [0.25, 0.3) is 0 Å². The highest BCUT2D eigenvalue weighted by molar-refractivity contribution is 6.03. The monoisotopic (exact) mass is 1520 g/mol. The molecule has 3 aromatic carbocycles. The molecule has 2 aliphatic heterocycles. The summed E-state index contributed by atoms with van der Waals surface area (Å²) in [5.41, 5.74) is 2.47. The first-order chi connectivity index (χ1) is 50.7. The SMILES string of the molecule is C.O=C(CC(=O)OCc1ccccc1)OCCOCCOC(=O)CC(=O)OCc1ccccc1.O=C(CC(=O)ON1C(=O)CCC1=O)OCCOCCOC(=O)CC(=O)ON1C(=O)CCC1=O.O=C(O)CC(=O)OCCOCCOC(=O)CC(=O)O.O=C(O)CC(=O)OCc1ccccc1.OCCOCCO. The molecule has 2 aliphatic rings. The number of carbonyl (C=O) groups excluding carboxylic acids is 15. The lowest BCUT2D eigenvalue weighted by Crippen LogP contribution is -2.33. The van der Waals surface area contributed by atoms with Crippen LogP contribution in [0.3, 0.4) is 0 Å². The lowest BCUT2D eigenvalue weighted by molar-refractivity contribution is -0.198. The van der Waals surface area contributed by atoms with Gasteiger partial charge in [-0.15, -0.1) is 10.1 Å². The molecule has 0 aromatic heterocycles. The van der Waals surface area contributed by atoms with Crippen molar-refractivity contribution in [1.82, 2.24) is 10.1 Å². The number of hydrogen-bond acceptors (Lipinski definition) is 35. The van der Waals surface area contributed by atoms with Gasteiger partial charge in [-0.1, -0.05) is 98.4 Å². The van der Waals surface area contributed by atoms with Crippen LogP contribution in [0, 0.1) is 0 Å². The largest absolute Gasteiger partial charge is 0.481 e. The number of benzene rings is 3. The van der Waals surface area contributed by atoms with Crippen LogP contribution in [-0.2, 0) is 177 Å². The van der Waals surface area contributed by atoms with Crippen molar-refractivity contribution in [2.75, 3.05) is 106 Å². The van der Waals surface area contributed by atoms with Crippen LogP contribution >= 0.6 is 0 Å². The fraction of sp³-hybridized carbons (Fsp3) is 0.463. The second-order valence-corrected chi connectivity index (χ2v) is 20.2. The fourth-order valence-electron chi connectivity index (χ4n) is 6.92. The Hall–Kier alpha value is -11.7. The van der Waals surface area contributed by atoms with Crippen molar-refractivity contribution in [3.8, 4) is 0 Å². The first-order valence-electron chi connectivity index (χ1n) is 31.5. The molecule has 0 spiro atoms. The Morgan fingerprint density at radius 3 is 0.692 bits per heavy atom. The smallest absolute Gasteiger partial charge is 0.344 e. The van der Waals surface area contributed by atoms with Gasteiger partial charge in [0.15, 0.2) is 0 Å². The van der Waals surface area contributed by atoms with Crippen molar-refractivity contribution >= 4 is 107 Å². The van der Waals surface area contributed by atoms with E-state index < -0.39 is 152 Å². The molecule has 4 amide bonds. The number of amides is 4. The lowest BCUT2D eigenvalue weighted by Gasteiger charge is -2.12. The number of nitrogens with zero attached hydrogens (tertiary/aromatic N) is 2. The van der Waals surface area contributed by atoms with Crippen LogP contribution in [0.4, 0.5) is 0 Å². The first-order valence-corrected chi connectivity index (χ1v) is 31.5. The number of esters is 9. The third-order valence-corrected chi connectivity index (χ3v) is 11.6. The molecular formula is C67H84N2O38. The van der Waals surface area contributed by atoms with E-state index >= 15 is 0 Å². The van der Waals surface area contributed by atoms with Gasteiger partial charge in [0.2, 0.25) is 0 Å². The Bertz CT molecular complexity index is 3080. The van der Waals surface area contributed by atoms with Crippen molar-refractivity contribution in [2.24, 2.45) is 0 Å². The van der Waals surface area contributed by atoms with Crippen molar-refractivity contribution < 1.29 is 183 Å². The van der Waals surface area contributed by atoms with Gasteiger partial charge in [-0.05, 0) is 16.7 Å². The van der Waals surface area contributed by atoms with Crippen LogP contribution in [0.2, 0.25) is 0 Å². The molecule has 5 rings (SSSR count). The molecular weight excluding hydrogens is 1440 g/mol. The molecule has 0 aliphatic carbocycles. The second-order valence-electron chi connectivity index (χ2n) is 20.2. The van der Waals surface area contributed by atoms with Crippen molar-refractivity contribution in [2.45, 2.75) is 97.9 Å². The topological polar surface area (TPSA) is 553 Å². The second kappa shape index (κ2) is 59.6. The van der Waals surface area contributed by atoms with E-state index in [1.54, 1.807) is 36.4 Å². The molecule has 0 bridgehead atoms. The zero-order valence-corrected chi connectivity index (χ0v) is 57.0. The standard InChI is InChI=1S/C24H26O9.C18H20N2O13.C10H14O9.C10H10O4.C4H10O3.CH4/c25-21(15-23(27)32-17-19-7-3-1-4-8-19)30-13-11-29-12-14-31-22(26)16-24(28)33-18-20-9-5-2-6-10-20;21-11-1-2-12(22)19(11)32-17(27)9-15(25)30-7-5-29-6-8-31-16(26)10-18(28)33-20-13(23)3-4-14(20)24;11-7(12)5-9(15)18-3-1-17-2-4-19-10(16)6-8(13)14;11-9(12)6-10(13)14-7-8-4-2-1-3-5-8;5-1-3-7-4-2-6;/h1-10H,11-18H2;1-10H2;1-6H2,(H,11,12)(H,13,14);1-5H,6-7H2,(H,11,12);5-6H,1-4H2;1H4. The number of carboxylic acid groups (broad SMARTS) is 3. The normalized spacial score (nSPS) is 11.5. The summed E-state index contributed by atoms with van der Waals surface area (Å²) in [7, 11) is 0. The molecule has 2 heterocycles. The maximum atomic E-state index is 11.6. The van der Waals surface area contributed by atoms with Gasteiger partial charge in [0.1, 0.15) is 104 Å². The zero-order valence-electron chi connectivity index (χ0n) is 57.0. The predicted octanol–water partition coefficient (Wildman–Crippen LogP) is 0.307. The molecule has 40 heteroatoms. The number of ether oxygens (including phenoxy) is 13. The van der Waals surface area contributed by atoms with E-state index in [2.05, 4.69) is 23.9 Å². The van der Waals surface area contributed by atoms with E-state index in [0.717, 1.165) is 16.7 Å². The van der Waals surface area contributed by atoms with Gasteiger partial charge in [-0.25, -0.2) is 9.59 Å². The molecule has 5 N–H and O–H groups in total. The Morgan fingerprint density at radius 1 is 0.271 bits per heavy atom. The molecule has 2 saturated heterocycles. The number of carbonyl (C=O) groups is 18. The molecule has 3 aromatic rings. The summed E-state index contributed by atoms with van der Waals surface area (Å²) >= 11 is 0. The third kappa shape index (κ3) is 52.8. The van der Waals surface area contributed by atoms with E-state index in [1.807, 2.05) is 54.6 Å². The van der Waals surface area contributed by atoms with Crippen LogP contribution in [0.5, 0.6) is 0 Å². The van der Waals surface area contributed by atoms with Gasteiger partial charge in [0.05, 0.1) is 66.1 Å². The predicted molar refractivity (Wildman–Crippen MR) is 348 cm³/mol. The summed E-state index contributed by atoms with van der Waals surface area (Å²) in [4.78, 5) is 209. The van der Waals surface area contributed by atoms with Crippen LogP contribution in [0.1, 0.15) is 94.7 Å². The number of aliphatic carboxylic acids is 3. The molecule has 107 heavy (non-hydrogen) atoms. The third-order valence-electron chi connectivity index (χ3n) is 11.6. The molecule has 0 radical (unpaired) electrons. The maximum absolute atomic E-state index is 11.6. The molecule has 0 atom stereocenters. The molecule has 590 valence electrons. The quantitative estimate of drug-likeness (QED) is 0.0167. The summed E-state index contributed by atoms with van der Waals surface area (Å²) in [6.45, 7) is 0.0578. The Balaban J connectivity index is 0.00000141. The average Bonchev–Trinajstić information content (AvgIpc) is 1.74. The van der Waals surface area contributed by atoms with Crippen molar-refractivity contribution in [3.05, 3.63) is 108 Å². The zero-order chi connectivity index (χ0) is 78.7. The van der Waals surface area contributed by atoms with Gasteiger partial charge in [0.25, 0.3) is 23.6 Å². The minimum absolute atomic E-state index is 0. The summed E-state index contributed by atoms with van der Waals surface area (Å²) in [6.07, 6.45) is -4.95. The van der Waals surface area contributed by atoms with E-state index in [4.69, 9.17) is 72.9 Å². The summed E-state index contributed by atoms with van der Waals surface area (Å²) in [5.74, 6) is -15.9. The van der Waals surface area contributed by atoms with Gasteiger partial charge in [0, 0.05) is 25.7 Å². The van der Waals surface area contributed by atoms with Gasteiger partial charge in [-0.3, -0.25) is 76.7 Å². The Labute approximate surface area is 609 Å². The summed E-state index contributed by atoms with van der Waals surface area (Å²) in [5, 5.41) is 41.6. The minimum Gasteiger partial charge on any atom is -0.481 e. The Kier molecular flexibility index (Phi) is 53.1. The van der Waals surface area contributed by atoms with Gasteiger partial charge in [-0.2, -0.15) is 0 Å². The maximum Gasteiger partial charge on any atom is 0.344 e. The van der Waals surface area contributed by atoms with Crippen molar-refractivity contribution in [3.63, 3.8) is 0 Å². The van der Waals surface area contributed by atoms with E-state index in [1.165, 1.54) is 0 Å². The van der Waals surface area contributed by atoms with Crippen LogP contribution in [-0.4, -0.2) is 249 Å². The number of aliphatic hydroxyl groups excluding tert-OH is 2. The van der Waals surface area contributed by atoms with Crippen LogP contribution < -0.4 is 0 Å². The Morgan fingerprint density at radius 2 is 0.467 bits per heavy atom. The van der Waals surface area contributed by atoms with Gasteiger partial charge >= 0.3 is 83.6 Å². The number of carboxylic acids is 3. The number of aliphatic hydroxyl groups is 2. The first kappa shape index (κ1) is 95.3. The molecule has 40 nitrogen and oxygen atoms in total. The molecule has 0 saturated carbocycles. The number of hydroxylamine groups is 4. The molecule has 0 unspecified atom stereocenters. The number of imide groups is 2. The number of hydrogen-bond donors (Lipinski definition) is 5. The average molecular weight is 1530 g/mol.